The van der Waals surface area contributed by atoms with E-state index in [9.17, 15) is 30.6 Å². The van der Waals surface area contributed by atoms with Gasteiger partial charge in [0.15, 0.2) is 18.5 Å². The lowest BCUT2D eigenvalue weighted by atomic mass is 9.77. The van der Waals surface area contributed by atoms with Crippen molar-refractivity contribution in [3.63, 3.8) is 0 Å². The Kier molecular flexibility index (Phi) is 12.2. The number of ether oxygens (including phenoxy) is 4. The maximum atomic E-state index is 11.5. The average molecular weight is 582 g/mol. The summed E-state index contributed by atoms with van der Waals surface area (Å²) in [6.45, 7) is -0.564. The first-order valence-corrected chi connectivity index (χ1v) is 13.5. The lowest BCUT2D eigenvalue weighted by Gasteiger charge is -2.48. The molecule has 0 radical (unpaired) electrons. The Morgan fingerprint density at radius 3 is 2.15 bits per heavy atom. The first-order chi connectivity index (χ1) is 18.9. The van der Waals surface area contributed by atoms with Crippen LogP contribution in [0.5, 0.6) is 0 Å². The number of rotatable bonds is 11. The fourth-order valence-corrected chi connectivity index (χ4v) is 5.56. The van der Waals surface area contributed by atoms with Gasteiger partial charge in [0.25, 0.3) is 0 Å². The third-order valence-electron chi connectivity index (χ3n) is 7.88. The number of aliphatic imine (C=N–C) groups is 1. The molecule has 18 N–H and O–H groups in total. The molecular weight excluding hydrogens is 534 g/mol. The van der Waals surface area contributed by atoms with E-state index >= 15 is 0 Å². The fraction of sp³-hybridized carbons (Fsp3) is 0.957. The van der Waals surface area contributed by atoms with Gasteiger partial charge in [-0.1, -0.05) is 0 Å². The van der Waals surface area contributed by atoms with Crippen molar-refractivity contribution in [2.24, 2.45) is 45.3 Å². The van der Waals surface area contributed by atoms with Crippen molar-refractivity contribution < 1.29 is 49.6 Å². The summed E-state index contributed by atoms with van der Waals surface area (Å²) in [4.78, 5) is 4.10. The molecule has 17 nitrogen and oxygen atoms in total. The van der Waals surface area contributed by atoms with E-state index in [1.165, 1.54) is 0 Å². The van der Waals surface area contributed by atoms with Crippen LogP contribution < -0.4 is 34.4 Å². The summed E-state index contributed by atoms with van der Waals surface area (Å²) >= 11 is 0. The van der Waals surface area contributed by atoms with Crippen LogP contribution in [-0.2, 0) is 18.9 Å². The molecule has 0 bridgehead atoms. The number of nitrogens with two attached hydrogens (primary N) is 6. The molecule has 0 aromatic heterocycles. The molecule has 2 aliphatic heterocycles. The summed E-state index contributed by atoms with van der Waals surface area (Å²) in [5.74, 6) is -0.703. The minimum Gasteiger partial charge on any atom is -0.394 e. The fourth-order valence-electron chi connectivity index (χ4n) is 5.56. The average Bonchev–Trinajstić information content (AvgIpc) is 2.91. The smallest absolute Gasteiger partial charge is 0.186 e. The highest BCUT2D eigenvalue weighted by atomic mass is 16.7. The Morgan fingerprint density at radius 2 is 1.55 bits per heavy atom. The predicted octanol–water partition coefficient (Wildman–Crippen LogP) is -6.59. The summed E-state index contributed by atoms with van der Waals surface area (Å²) in [6, 6.07) is -2.76. The molecule has 3 rings (SSSR count). The molecule has 3 aliphatic rings. The third kappa shape index (κ3) is 7.75. The Labute approximate surface area is 232 Å². The van der Waals surface area contributed by atoms with E-state index in [1.807, 2.05) is 0 Å². The minimum absolute atomic E-state index is 0.0127. The van der Waals surface area contributed by atoms with Gasteiger partial charge in [0.1, 0.15) is 36.6 Å². The van der Waals surface area contributed by atoms with Gasteiger partial charge in [-0.05, 0) is 25.2 Å². The molecular formula is C23H47N7O10. The van der Waals surface area contributed by atoms with Crippen LogP contribution in [0.25, 0.3) is 0 Å². The van der Waals surface area contributed by atoms with Crippen molar-refractivity contribution in [3.05, 3.63) is 0 Å². The van der Waals surface area contributed by atoms with Gasteiger partial charge in [0, 0.05) is 25.6 Å². The summed E-state index contributed by atoms with van der Waals surface area (Å²) in [5, 5.41) is 62.4. The van der Waals surface area contributed by atoms with Gasteiger partial charge in [-0.2, -0.15) is 0 Å². The Morgan fingerprint density at radius 1 is 0.900 bits per heavy atom. The number of aliphatic hydroxyl groups is 6. The summed E-state index contributed by atoms with van der Waals surface area (Å²) in [5.41, 5.74) is 34.8. The zero-order valence-electron chi connectivity index (χ0n) is 22.3. The molecule has 0 spiro atoms. The van der Waals surface area contributed by atoms with Crippen LogP contribution in [0.2, 0.25) is 0 Å². The van der Waals surface area contributed by atoms with Crippen LogP contribution >= 0.6 is 0 Å². The lowest BCUT2D eigenvalue weighted by molar-refractivity contribution is -0.320. The second-order valence-electron chi connectivity index (χ2n) is 10.8. The molecule has 17 heteroatoms. The van der Waals surface area contributed by atoms with Gasteiger partial charge < -0.3 is 84.0 Å². The number of hydrogen-bond acceptors (Lipinski definition) is 15. The van der Waals surface area contributed by atoms with Crippen LogP contribution in [0.15, 0.2) is 4.99 Å². The summed E-state index contributed by atoms with van der Waals surface area (Å²) in [6.07, 6.45) is -11.6. The molecule has 0 amide bonds. The van der Waals surface area contributed by atoms with Gasteiger partial charge >= 0.3 is 0 Å². The van der Waals surface area contributed by atoms with Crippen molar-refractivity contribution >= 4 is 5.96 Å². The molecule has 2 saturated heterocycles. The van der Waals surface area contributed by atoms with Gasteiger partial charge in [-0.25, -0.2) is 4.99 Å². The summed E-state index contributed by atoms with van der Waals surface area (Å²) < 4.78 is 23.6. The van der Waals surface area contributed by atoms with Crippen LogP contribution in [0.1, 0.15) is 25.7 Å². The maximum absolute atomic E-state index is 11.5. The van der Waals surface area contributed by atoms with Gasteiger partial charge in [0.05, 0.1) is 37.1 Å². The number of hydrogen-bond donors (Lipinski definition) is 12. The van der Waals surface area contributed by atoms with Crippen LogP contribution in [0, 0.1) is 5.92 Å². The standard InChI is InChI=1S/C23H47N7O10/c24-5-9(32)2-1-8-3-10(26)20(40-21-11(30-23(28)29)4-12(33)13(6-25)37-21)18(36)19(8)39-22-17(35)15(27)16(34)14(7-31)38-22/h8-22,31-36H,1-7,24-27H2,(H4,28,29,30)/t8-,9?,10+,11-,12+,13-,14-,15+,16-,17-,18-,19+,20-,21-,22-/m1/s1. The Hall–Kier alpha value is -1.29. The van der Waals surface area contributed by atoms with E-state index in [0.29, 0.717) is 6.42 Å². The topological polar surface area (TPSA) is 327 Å². The number of aliphatic hydroxyl groups excluding tert-OH is 6. The van der Waals surface area contributed by atoms with Gasteiger partial charge in [-0.15, -0.1) is 0 Å². The zero-order chi connectivity index (χ0) is 29.7. The molecule has 2 heterocycles. The van der Waals surface area contributed by atoms with Crippen LogP contribution in [-0.4, -0.2) is 142 Å². The van der Waals surface area contributed by atoms with E-state index in [0.717, 1.165) is 0 Å². The monoisotopic (exact) mass is 581 g/mol. The minimum atomic E-state index is -1.49. The van der Waals surface area contributed by atoms with Crippen molar-refractivity contribution in [3.8, 4) is 0 Å². The van der Waals surface area contributed by atoms with E-state index in [2.05, 4.69) is 4.99 Å². The van der Waals surface area contributed by atoms with E-state index in [4.69, 9.17) is 53.3 Å². The lowest BCUT2D eigenvalue weighted by Crippen LogP contribution is -2.66. The first-order valence-electron chi connectivity index (χ1n) is 13.5. The zero-order valence-corrected chi connectivity index (χ0v) is 22.3. The number of guanidine groups is 1. The highest BCUT2D eigenvalue weighted by molar-refractivity contribution is 5.75. The largest absolute Gasteiger partial charge is 0.394 e. The maximum Gasteiger partial charge on any atom is 0.186 e. The highest BCUT2D eigenvalue weighted by Crippen LogP contribution is 2.36. The van der Waals surface area contributed by atoms with Crippen molar-refractivity contribution in [2.45, 2.75) is 111 Å². The van der Waals surface area contributed by atoms with Gasteiger partial charge in [0.2, 0.25) is 0 Å². The first kappa shape index (κ1) is 33.2. The van der Waals surface area contributed by atoms with Crippen LogP contribution in [0.3, 0.4) is 0 Å². The van der Waals surface area contributed by atoms with Gasteiger partial charge in [-0.3, -0.25) is 0 Å². The Balaban J connectivity index is 1.85. The van der Waals surface area contributed by atoms with Crippen LogP contribution in [0.4, 0.5) is 0 Å². The molecule has 0 aromatic rings. The predicted molar refractivity (Wildman–Crippen MR) is 140 cm³/mol. The molecule has 1 saturated carbocycles. The highest BCUT2D eigenvalue weighted by Gasteiger charge is 2.51. The second-order valence-corrected chi connectivity index (χ2v) is 10.8. The van der Waals surface area contributed by atoms with E-state index < -0.39 is 98.2 Å². The second kappa shape index (κ2) is 14.7. The third-order valence-corrected chi connectivity index (χ3v) is 7.88. The molecule has 0 aromatic carbocycles. The van der Waals surface area contributed by atoms with Crippen molar-refractivity contribution in [2.75, 3.05) is 19.7 Å². The molecule has 15 atom stereocenters. The molecule has 234 valence electrons. The quantitative estimate of drug-likeness (QED) is 0.0796. The molecule has 1 unspecified atom stereocenters. The van der Waals surface area contributed by atoms with Crippen molar-refractivity contribution in [1.29, 1.82) is 0 Å². The Bertz CT molecular complexity index is 812. The summed E-state index contributed by atoms with van der Waals surface area (Å²) in [7, 11) is 0. The number of nitrogens with zero attached hydrogens (tertiary/aromatic N) is 1. The molecule has 3 fully saturated rings. The van der Waals surface area contributed by atoms with Crippen molar-refractivity contribution in [1.82, 2.24) is 0 Å². The molecule has 40 heavy (non-hydrogen) atoms. The van der Waals surface area contributed by atoms with E-state index in [1.54, 1.807) is 0 Å². The SMILES string of the molecule is NCC(O)CC[C@@H]1C[C@H](N)[C@@H](O[C@H]2O[C@H](CN)[C@@H](O)C[C@H]2N=C(N)N)[C@H](O)[C@H]1O[C@H]1O[C@H](CO)[C@@H](O)[C@H](N)[C@H]1O. The molecule has 1 aliphatic carbocycles. The van der Waals surface area contributed by atoms with E-state index in [-0.39, 0.29) is 38.3 Å². The normalized spacial score (nSPS) is 45.1.